The number of halogens is 2. The van der Waals surface area contributed by atoms with Crippen molar-refractivity contribution in [2.75, 3.05) is 5.73 Å². The first-order valence-electron chi connectivity index (χ1n) is 7.04. The van der Waals surface area contributed by atoms with Crippen molar-refractivity contribution < 1.29 is 0 Å². The third kappa shape index (κ3) is 2.46. The van der Waals surface area contributed by atoms with E-state index in [9.17, 15) is 0 Å². The molecular formula is C16H10Cl2N6. The van der Waals surface area contributed by atoms with Crippen molar-refractivity contribution in [1.29, 1.82) is 0 Å². The van der Waals surface area contributed by atoms with E-state index in [1.54, 1.807) is 18.2 Å². The third-order valence-corrected chi connectivity index (χ3v) is 4.06. The molecule has 2 N–H and O–H groups in total. The number of fused-ring (bicyclic) bond motifs is 1. The lowest BCUT2D eigenvalue weighted by Crippen LogP contribution is -2.00. The van der Waals surface area contributed by atoms with Gasteiger partial charge in [-0.05, 0) is 12.1 Å². The maximum absolute atomic E-state index is 6.21. The number of anilines is 1. The zero-order valence-corrected chi connectivity index (χ0v) is 13.7. The molecule has 6 nitrogen and oxygen atoms in total. The van der Waals surface area contributed by atoms with Gasteiger partial charge in [-0.3, -0.25) is 0 Å². The van der Waals surface area contributed by atoms with Crippen LogP contribution >= 0.6 is 23.2 Å². The molecule has 0 unspecified atom stereocenters. The zero-order valence-electron chi connectivity index (χ0n) is 12.2. The summed E-state index contributed by atoms with van der Waals surface area (Å²) in [6, 6.07) is 14.7. The van der Waals surface area contributed by atoms with Crippen molar-refractivity contribution in [3.05, 3.63) is 58.6 Å². The maximum atomic E-state index is 6.21. The van der Waals surface area contributed by atoms with Crippen LogP contribution in [0.25, 0.3) is 28.2 Å². The summed E-state index contributed by atoms with van der Waals surface area (Å²) >= 11 is 12.4. The van der Waals surface area contributed by atoms with Crippen LogP contribution in [-0.2, 0) is 0 Å². The highest BCUT2D eigenvalue weighted by Crippen LogP contribution is 2.28. The Hall–Kier alpha value is -2.70. The highest BCUT2D eigenvalue weighted by atomic mass is 35.5. The first-order valence-corrected chi connectivity index (χ1v) is 7.79. The van der Waals surface area contributed by atoms with Crippen LogP contribution in [0.5, 0.6) is 0 Å². The van der Waals surface area contributed by atoms with Crippen LogP contribution < -0.4 is 5.73 Å². The number of hydrogen-bond donors (Lipinski definition) is 1. The summed E-state index contributed by atoms with van der Waals surface area (Å²) in [5.74, 6) is 0.728. The van der Waals surface area contributed by atoms with Gasteiger partial charge in [0.05, 0.1) is 10.0 Å². The SMILES string of the molecule is Nc1nc(-c2ccccc2)nc2nn(-c3c(Cl)cccc3Cl)nc12. The molecule has 24 heavy (non-hydrogen) atoms. The molecule has 0 atom stereocenters. The summed E-state index contributed by atoms with van der Waals surface area (Å²) in [7, 11) is 0. The highest BCUT2D eigenvalue weighted by molar-refractivity contribution is 6.37. The molecule has 2 aromatic carbocycles. The molecule has 2 heterocycles. The fraction of sp³-hybridized carbons (Fsp3) is 0. The Labute approximate surface area is 146 Å². The molecule has 118 valence electrons. The first kappa shape index (κ1) is 14.9. The van der Waals surface area contributed by atoms with Crippen LogP contribution in [0, 0.1) is 0 Å². The van der Waals surface area contributed by atoms with Gasteiger partial charge in [-0.15, -0.1) is 15.0 Å². The number of nitrogen functional groups attached to an aromatic ring is 1. The van der Waals surface area contributed by atoms with Crippen molar-refractivity contribution >= 4 is 40.2 Å². The summed E-state index contributed by atoms with van der Waals surface area (Å²) in [4.78, 5) is 10.1. The molecule has 0 fully saturated rings. The minimum atomic E-state index is 0.244. The summed E-state index contributed by atoms with van der Waals surface area (Å²) < 4.78 is 0. The van der Waals surface area contributed by atoms with Gasteiger partial charge in [-0.2, -0.15) is 0 Å². The van der Waals surface area contributed by atoms with Crippen molar-refractivity contribution in [3.63, 3.8) is 0 Å². The minimum Gasteiger partial charge on any atom is -0.382 e. The predicted octanol–water partition coefficient (Wildman–Crippen LogP) is 3.77. The lowest BCUT2D eigenvalue weighted by atomic mass is 10.2. The lowest BCUT2D eigenvalue weighted by Gasteiger charge is -2.03. The second kappa shape index (κ2) is 5.74. The molecule has 0 aliphatic rings. The summed E-state index contributed by atoms with van der Waals surface area (Å²) in [6.07, 6.45) is 0. The Morgan fingerprint density at radius 1 is 0.833 bits per heavy atom. The molecule has 0 spiro atoms. The topological polar surface area (TPSA) is 82.5 Å². The fourth-order valence-corrected chi connectivity index (χ4v) is 2.88. The molecule has 0 radical (unpaired) electrons. The van der Waals surface area contributed by atoms with Gasteiger partial charge < -0.3 is 5.73 Å². The van der Waals surface area contributed by atoms with E-state index in [2.05, 4.69) is 20.2 Å². The second-order valence-corrected chi connectivity index (χ2v) is 5.84. The molecule has 0 saturated carbocycles. The summed E-state index contributed by atoms with van der Waals surface area (Å²) in [5.41, 5.74) is 8.11. The number of rotatable bonds is 2. The summed E-state index contributed by atoms with van der Waals surface area (Å²) in [5, 5.41) is 9.54. The van der Waals surface area contributed by atoms with Crippen molar-refractivity contribution in [2.45, 2.75) is 0 Å². The van der Waals surface area contributed by atoms with Crippen LogP contribution in [0.2, 0.25) is 10.0 Å². The average molecular weight is 357 g/mol. The van der Waals surface area contributed by atoms with Gasteiger partial charge in [-0.1, -0.05) is 59.6 Å². The highest BCUT2D eigenvalue weighted by Gasteiger charge is 2.16. The number of nitrogens with zero attached hydrogens (tertiary/aromatic N) is 5. The van der Waals surface area contributed by atoms with E-state index >= 15 is 0 Å². The van der Waals surface area contributed by atoms with E-state index in [4.69, 9.17) is 28.9 Å². The van der Waals surface area contributed by atoms with E-state index in [0.29, 0.717) is 32.7 Å². The van der Waals surface area contributed by atoms with Crippen LogP contribution in [0.4, 0.5) is 5.82 Å². The van der Waals surface area contributed by atoms with Gasteiger partial charge in [0.1, 0.15) is 5.69 Å². The third-order valence-electron chi connectivity index (χ3n) is 3.45. The number of nitrogens with two attached hydrogens (primary N) is 1. The Morgan fingerprint density at radius 2 is 1.54 bits per heavy atom. The monoisotopic (exact) mass is 356 g/mol. The van der Waals surface area contributed by atoms with E-state index in [1.807, 2.05) is 30.3 Å². The molecular weight excluding hydrogens is 347 g/mol. The van der Waals surface area contributed by atoms with E-state index in [-0.39, 0.29) is 5.82 Å². The van der Waals surface area contributed by atoms with Crippen molar-refractivity contribution in [1.82, 2.24) is 25.0 Å². The van der Waals surface area contributed by atoms with Gasteiger partial charge in [-0.25, -0.2) is 9.97 Å². The van der Waals surface area contributed by atoms with Gasteiger partial charge >= 0.3 is 0 Å². The normalized spacial score (nSPS) is 11.1. The van der Waals surface area contributed by atoms with Gasteiger partial charge in [0.15, 0.2) is 17.2 Å². The number of para-hydroxylation sites is 1. The van der Waals surface area contributed by atoms with Crippen LogP contribution in [0.1, 0.15) is 0 Å². The maximum Gasteiger partial charge on any atom is 0.208 e. The van der Waals surface area contributed by atoms with E-state index in [1.165, 1.54) is 4.80 Å². The molecule has 0 bridgehead atoms. The van der Waals surface area contributed by atoms with E-state index in [0.717, 1.165) is 5.56 Å². The number of aromatic nitrogens is 5. The molecule has 2 aromatic heterocycles. The fourth-order valence-electron chi connectivity index (χ4n) is 2.33. The Bertz CT molecular complexity index is 1030. The number of benzene rings is 2. The lowest BCUT2D eigenvalue weighted by molar-refractivity contribution is 0.764. The molecule has 0 aliphatic heterocycles. The van der Waals surface area contributed by atoms with Gasteiger partial charge in [0.25, 0.3) is 0 Å². The van der Waals surface area contributed by atoms with Crippen LogP contribution in [0.3, 0.4) is 0 Å². The standard InChI is InChI=1S/C16H10Cl2N6/c17-10-7-4-8-11(18)13(10)24-22-12-14(19)20-15(21-16(12)23-24)9-5-2-1-3-6-9/h1-8H,(H2,19,20,21,23). The van der Waals surface area contributed by atoms with Crippen molar-refractivity contribution in [3.8, 4) is 17.1 Å². The van der Waals surface area contributed by atoms with Gasteiger partial charge in [0, 0.05) is 5.56 Å². The van der Waals surface area contributed by atoms with Gasteiger partial charge in [0.2, 0.25) is 5.65 Å². The molecule has 0 aliphatic carbocycles. The average Bonchev–Trinajstić information content (AvgIpc) is 3.00. The largest absolute Gasteiger partial charge is 0.382 e. The second-order valence-electron chi connectivity index (χ2n) is 5.03. The van der Waals surface area contributed by atoms with Crippen LogP contribution in [0.15, 0.2) is 48.5 Å². The first-order chi connectivity index (χ1) is 11.6. The molecule has 4 rings (SSSR count). The van der Waals surface area contributed by atoms with E-state index < -0.39 is 0 Å². The Kier molecular flexibility index (Phi) is 3.55. The Morgan fingerprint density at radius 3 is 2.25 bits per heavy atom. The van der Waals surface area contributed by atoms with Crippen LogP contribution in [-0.4, -0.2) is 25.0 Å². The molecule has 8 heteroatoms. The smallest absolute Gasteiger partial charge is 0.208 e. The number of hydrogen-bond acceptors (Lipinski definition) is 5. The summed E-state index contributed by atoms with van der Waals surface area (Å²) in [6.45, 7) is 0. The zero-order chi connectivity index (χ0) is 16.7. The molecule has 0 saturated heterocycles. The predicted molar refractivity (Wildman–Crippen MR) is 94.3 cm³/mol. The van der Waals surface area contributed by atoms with Crippen molar-refractivity contribution in [2.24, 2.45) is 0 Å². The molecule has 4 aromatic rings. The quantitative estimate of drug-likeness (QED) is 0.591. The Balaban J connectivity index is 1.92. The minimum absolute atomic E-state index is 0.244. The molecule has 0 amide bonds.